The van der Waals surface area contributed by atoms with Crippen LogP contribution in [0.1, 0.15) is 5.56 Å². The minimum atomic E-state index is -3.33. The molecule has 0 spiro atoms. The summed E-state index contributed by atoms with van der Waals surface area (Å²) in [6.07, 6.45) is 2.34. The number of hydrogen-bond donors (Lipinski definition) is 1. The van der Waals surface area contributed by atoms with Crippen molar-refractivity contribution in [3.63, 3.8) is 0 Å². The molecule has 0 radical (unpaired) electrons. The van der Waals surface area contributed by atoms with Gasteiger partial charge in [0.1, 0.15) is 17.9 Å². The molecule has 106 valence electrons. The van der Waals surface area contributed by atoms with Crippen LogP contribution in [0.25, 0.3) is 0 Å². The van der Waals surface area contributed by atoms with Gasteiger partial charge in [-0.25, -0.2) is 18.4 Å². The van der Waals surface area contributed by atoms with Crippen LogP contribution >= 0.6 is 0 Å². The molecule has 1 N–H and O–H groups in total. The van der Waals surface area contributed by atoms with Crippen molar-refractivity contribution < 1.29 is 13.2 Å². The number of hydrogen-bond acceptors (Lipinski definition) is 6. The molecule has 2 rings (SSSR count). The van der Waals surface area contributed by atoms with Gasteiger partial charge in [-0.2, -0.15) is 0 Å². The zero-order valence-electron chi connectivity index (χ0n) is 11.2. The normalized spacial score (nSPS) is 11.1. The second-order valence-electron chi connectivity index (χ2n) is 4.22. The molecule has 7 heteroatoms. The van der Waals surface area contributed by atoms with E-state index < -0.39 is 9.84 Å². The molecule has 0 bridgehead atoms. The molecule has 0 fully saturated rings. The zero-order valence-corrected chi connectivity index (χ0v) is 12.0. The Kier molecular flexibility index (Phi) is 4.19. The summed E-state index contributed by atoms with van der Waals surface area (Å²) < 4.78 is 28.0. The predicted octanol–water partition coefficient (Wildman–Crippen LogP) is 1.50. The highest BCUT2D eigenvalue weighted by molar-refractivity contribution is 7.90. The van der Waals surface area contributed by atoms with Gasteiger partial charge in [-0.3, -0.25) is 0 Å². The van der Waals surface area contributed by atoms with Crippen LogP contribution in [0.2, 0.25) is 0 Å². The Bertz CT molecular complexity index is 702. The lowest BCUT2D eigenvalue weighted by Crippen LogP contribution is -2.05. The average Bonchev–Trinajstić information content (AvgIpc) is 2.45. The van der Waals surface area contributed by atoms with Crippen molar-refractivity contribution in [2.45, 2.75) is 11.6 Å². The third-order valence-corrected chi connectivity index (χ3v) is 3.61. The third-order valence-electron chi connectivity index (χ3n) is 2.63. The van der Waals surface area contributed by atoms with Crippen molar-refractivity contribution in [3.8, 4) is 5.75 Å². The van der Waals surface area contributed by atoms with Crippen LogP contribution in [0.3, 0.4) is 0 Å². The highest BCUT2D eigenvalue weighted by Gasteiger charge is 2.09. The SMILES string of the molecule is COc1cccc(CNc2cc(S(C)(=O)=O)ncn2)c1. The molecule has 0 aliphatic rings. The zero-order chi connectivity index (χ0) is 14.6. The van der Waals surface area contributed by atoms with E-state index >= 15 is 0 Å². The number of rotatable bonds is 5. The molecule has 0 aliphatic heterocycles. The molecule has 1 heterocycles. The minimum Gasteiger partial charge on any atom is -0.497 e. The van der Waals surface area contributed by atoms with E-state index in [1.54, 1.807) is 7.11 Å². The molecule has 0 unspecified atom stereocenters. The summed E-state index contributed by atoms with van der Waals surface area (Å²) in [4.78, 5) is 7.73. The van der Waals surface area contributed by atoms with E-state index in [-0.39, 0.29) is 5.03 Å². The minimum absolute atomic E-state index is 0.000595. The lowest BCUT2D eigenvalue weighted by molar-refractivity contribution is 0.414. The van der Waals surface area contributed by atoms with Gasteiger partial charge in [0.05, 0.1) is 7.11 Å². The molecule has 20 heavy (non-hydrogen) atoms. The second-order valence-corrected chi connectivity index (χ2v) is 6.18. The number of methoxy groups -OCH3 is 1. The Morgan fingerprint density at radius 2 is 2.05 bits per heavy atom. The maximum Gasteiger partial charge on any atom is 0.192 e. The first-order chi connectivity index (χ1) is 9.49. The fraction of sp³-hybridized carbons (Fsp3) is 0.231. The van der Waals surface area contributed by atoms with Crippen molar-refractivity contribution in [1.29, 1.82) is 0 Å². The summed E-state index contributed by atoms with van der Waals surface area (Å²) in [5.74, 6) is 1.23. The van der Waals surface area contributed by atoms with E-state index in [0.29, 0.717) is 12.4 Å². The fourth-order valence-corrected chi connectivity index (χ4v) is 2.18. The van der Waals surface area contributed by atoms with Gasteiger partial charge in [-0.1, -0.05) is 12.1 Å². The Hall–Kier alpha value is -2.15. The summed E-state index contributed by atoms with van der Waals surface area (Å²) in [7, 11) is -1.72. The summed E-state index contributed by atoms with van der Waals surface area (Å²) in [6, 6.07) is 8.99. The standard InChI is InChI=1S/C13H15N3O3S/c1-19-11-5-3-4-10(6-11)8-14-12-7-13(16-9-15-12)20(2,17)18/h3-7,9H,8H2,1-2H3,(H,14,15,16). The Balaban J connectivity index is 2.11. The fourth-order valence-electron chi connectivity index (χ4n) is 1.61. The van der Waals surface area contributed by atoms with Gasteiger partial charge >= 0.3 is 0 Å². The quantitative estimate of drug-likeness (QED) is 0.841. The van der Waals surface area contributed by atoms with Crippen molar-refractivity contribution in [2.24, 2.45) is 0 Å². The molecule has 0 amide bonds. The van der Waals surface area contributed by atoms with Crippen molar-refractivity contribution >= 4 is 15.7 Å². The van der Waals surface area contributed by atoms with Gasteiger partial charge in [0.2, 0.25) is 0 Å². The van der Waals surface area contributed by atoms with Gasteiger partial charge in [0.15, 0.2) is 14.9 Å². The van der Waals surface area contributed by atoms with Gasteiger partial charge < -0.3 is 10.1 Å². The van der Waals surface area contributed by atoms with Gasteiger partial charge in [-0.05, 0) is 17.7 Å². The molecule has 0 aliphatic carbocycles. The first kappa shape index (κ1) is 14.3. The average molecular weight is 293 g/mol. The Morgan fingerprint density at radius 3 is 2.75 bits per heavy atom. The van der Waals surface area contributed by atoms with Gasteiger partial charge in [0.25, 0.3) is 0 Å². The van der Waals surface area contributed by atoms with Crippen LogP contribution in [0.4, 0.5) is 5.82 Å². The molecule has 0 atom stereocenters. The van der Waals surface area contributed by atoms with Crippen LogP contribution in [0, 0.1) is 0 Å². The maximum atomic E-state index is 11.4. The number of nitrogens with one attached hydrogen (secondary N) is 1. The van der Waals surface area contributed by atoms with E-state index in [9.17, 15) is 8.42 Å². The molecule has 6 nitrogen and oxygen atoms in total. The first-order valence-corrected chi connectivity index (χ1v) is 7.77. The summed E-state index contributed by atoms with van der Waals surface area (Å²) in [6.45, 7) is 0.511. The van der Waals surface area contributed by atoms with Crippen molar-refractivity contribution in [2.75, 3.05) is 18.7 Å². The van der Waals surface area contributed by atoms with Crippen LogP contribution in [-0.4, -0.2) is 31.8 Å². The van der Waals surface area contributed by atoms with Crippen LogP contribution in [-0.2, 0) is 16.4 Å². The summed E-state index contributed by atoms with van der Waals surface area (Å²) in [5.41, 5.74) is 1.00. The molecule has 1 aromatic carbocycles. The van der Waals surface area contributed by atoms with E-state index in [4.69, 9.17) is 4.74 Å². The van der Waals surface area contributed by atoms with E-state index in [1.165, 1.54) is 12.4 Å². The van der Waals surface area contributed by atoms with Crippen LogP contribution < -0.4 is 10.1 Å². The van der Waals surface area contributed by atoms with E-state index in [1.807, 2.05) is 24.3 Å². The van der Waals surface area contributed by atoms with E-state index in [0.717, 1.165) is 17.6 Å². The summed E-state index contributed by atoms with van der Waals surface area (Å²) >= 11 is 0. The molecular formula is C13H15N3O3S. The molecule has 1 aromatic heterocycles. The van der Waals surface area contributed by atoms with Crippen molar-refractivity contribution in [3.05, 3.63) is 42.2 Å². The monoisotopic (exact) mass is 293 g/mol. The highest BCUT2D eigenvalue weighted by Crippen LogP contribution is 2.14. The molecule has 0 saturated heterocycles. The lowest BCUT2D eigenvalue weighted by Gasteiger charge is -2.07. The largest absolute Gasteiger partial charge is 0.497 e. The number of anilines is 1. The molecule has 0 saturated carbocycles. The smallest absolute Gasteiger partial charge is 0.192 e. The van der Waals surface area contributed by atoms with Crippen molar-refractivity contribution in [1.82, 2.24) is 9.97 Å². The Morgan fingerprint density at radius 1 is 1.25 bits per heavy atom. The molecule has 2 aromatic rings. The molecular weight excluding hydrogens is 278 g/mol. The van der Waals surface area contributed by atoms with Gasteiger partial charge in [-0.15, -0.1) is 0 Å². The predicted molar refractivity (Wildman–Crippen MR) is 75.5 cm³/mol. The number of sulfone groups is 1. The topological polar surface area (TPSA) is 81.2 Å². The number of nitrogens with zero attached hydrogens (tertiary/aromatic N) is 2. The number of benzene rings is 1. The van der Waals surface area contributed by atoms with Gasteiger partial charge in [0, 0.05) is 18.9 Å². The lowest BCUT2D eigenvalue weighted by atomic mass is 10.2. The third kappa shape index (κ3) is 3.67. The Labute approximate surface area is 117 Å². The van der Waals surface area contributed by atoms with E-state index in [2.05, 4.69) is 15.3 Å². The number of aromatic nitrogens is 2. The first-order valence-electron chi connectivity index (χ1n) is 5.88. The maximum absolute atomic E-state index is 11.4. The van der Waals surface area contributed by atoms with Crippen LogP contribution in [0.15, 0.2) is 41.7 Å². The number of ether oxygens (including phenoxy) is 1. The highest BCUT2D eigenvalue weighted by atomic mass is 32.2. The summed E-state index contributed by atoms with van der Waals surface area (Å²) in [5, 5.41) is 3.05. The second kappa shape index (κ2) is 5.87. The van der Waals surface area contributed by atoms with Crippen LogP contribution in [0.5, 0.6) is 5.75 Å².